The minimum atomic E-state index is -0.949. The molecule has 0 amide bonds. The van der Waals surface area contributed by atoms with E-state index in [0.29, 0.717) is 34.8 Å². The first kappa shape index (κ1) is 22.2. The number of anilines is 1. The Balaban J connectivity index is 1.39. The molecule has 8 heteroatoms. The molecule has 0 spiro atoms. The first-order valence-electron chi connectivity index (χ1n) is 11.4. The summed E-state index contributed by atoms with van der Waals surface area (Å²) >= 11 is 0. The Morgan fingerprint density at radius 2 is 2.00 bits per heavy atom. The molecule has 1 saturated carbocycles. The van der Waals surface area contributed by atoms with E-state index in [-0.39, 0.29) is 17.7 Å². The zero-order valence-electron chi connectivity index (χ0n) is 19.1. The Hall–Kier alpha value is -3.65. The zero-order chi connectivity index (χ0) is 23.9. The third kappa shape index (κ3) is 4.68. The van der Waals surface area contributed by atoms with Gasteiger partial charge >= 0.3 is 0 Å². The predicted octanol–water partition coefficient (Wildman–Crippen LogP) is 4.37. The summed E-state index contributed by atoms with van der Waals surface area (Å²) in [5.74, 6) is -0.715. The van der Waals surface area contributed by atoms with Crippen molar-refractivity contribution in [3.63, 3.8) is 0 Å². The Morgan fingerprint density at radius 3 is 2.68 bits per heavy atom. The van der Waals surface area contributed by atoms with Gasteiger partial charge in [0.2, 0.25) is 5.95 Å². The molecule has 34 heavy (non-hydrogen) atoms. The standard InChI is InChI=1S/C26H26FN5O2/c1-26(2,34)14-31-21-9-10-28-25-22(21)19(13-30-25)23(33)18-7-6-17(32-24(18)27)11-15-3-8-20(29-12-15)16-4-5-16/h3,6-10,12-13,16,34H,4-5,11,14H2,1-2H3,(H2,28,30,31). The fourth-order valence-corrected chi connectivity index (χ4v) is 3.95. The maximum atomic E-state index is 15.0. The van der Waals surface area contributed by atoms with Crippen LogP contribution in [0.1, 0.15) is 65.5 Å². The fraction of sp³-hybridized carbons (Fsp3) is 0.308. The Labute approximate surface area is 196 Å². The summed E-state index contributed by atoms with van der Waals surface area (Å²) in [4.78, 5) is 29.0. The molecule has 4 heterocycles. The maximum Gasteiger partial charge on any atom is 0.224 e. The van der Waals surface area contributed by atoms with Gasteiger partial charge in [0.25, 0.3) is 0 Å². The number of fused-ring (bicyclic) bond motifs is 1. The molecule has 1 aliphatic rings. The first-order chi connectivity index (χ1) is 16.3. The molecule has 1 aliphatic carbocycles. The van der Waals surface area contributed by atoms with Gasteiger partial charge in [0.1, 0.15) is 5.65 Å². The first-order valence-corrected chi connectivity index (χ1v) is 11.4. The Morgan fingerprint density at radius 1 is 1.18 bits per heavy atom. The van der Waals surface area contributed by atoms with Crippen LogP contribution in [-0.4, -0.2) is 43.0 Å². The van der Waals surface area contributed by atoms with Crippen LogP contribution in [0.4, 0.5) is 10.1 Å². The lowest BCUT2D eigenvalue weighted by atomic mass is 10.0. The van der Waals surface area contributed by atoms with Crippen LogP contribution in [0.5, 0.6) is 0 Å². The van der Waals surface area contributed by atoms with Crippen LogP contribution in [0.2, 0.25) is 0 Å². The number of halogens is 1. The number of aliphatic hydroxyl groups is 1. The summed E-state index contributed by atoms with van der Waals surface area (Å²) in [5.41, 5.74) is 2.94. The highest BCUT2D eigenvalue weighted by Gasteiger charge is 2.25. The van der Waals surface area contributed by atoms with Gasteiger partial charge in [-0.15, -0.1) is 0 Å². The fourth-order valence-electron chi connectivity index (χ4n) is 3.95. The van der Waals surface area contributed by atoms with Crippen LogP contribution in [0.15, 0.2) is 48.9 Å². The second-order valence-electron chi connectivity index (χ2n) is 9.46. The molecule has 7 nitrogen and oxygen atoms in total. The Bertz CT molecular complexity index is 1350. The molecule has 5 rings (SSSR count). The number of hydrogen-bond acceptors (Lipinski definition) is 6. The quantitative estimate of drug-likeness (QED) is 0.267. The van der Waals surface area contributed by atoms with E-state index in [2.05, 4.69) is 25.3 Å². The number of nitrogens with one attached hydrogen (secondary N) is 2. The van der Waals surface area contributed by atoms with Crippen molar-refractivity contribution in [2.24, 2.45) is 0 Å². The lowest BCUT2D eigenvalue weighted by Crippen LogP contribution is -2.29. The van der Waals surface area contributed by atoms with Gasteiger partial charge in [-0.1, -0.05) is 6.07 Å². The van der Waals surface area contributed by atoms with E-state index < -0.39 is 17.3 Å². The van der Waals surface area contributed by atoms with E-state index >= 15 is 0 Å². The summed E-state index contributed by atoms with van der Waals surface area (Å²) < 4.78 is 15.0. The summed E-state index contributed by atoms with van der Waals surface area (Å²) in [5, 5.41) is 13.7. The van der Waals surface area contributed by atoms with Gasteiger partial charge in [0.15, 0.2) is 5.78 Å². The molecule has 0 aromatic carbocycles. The highest BCUT2D eigenvalue weighted by molar-refractivity contribution is 6.18. The summed E-state index contributed by atoms with van der Waals surface area (Å²) in [6.07, 6.45) is 7.76. The monoisotopic (exact) mass is 459 g/mol. The second kappa shape index (κ2) is 8.61. The number of ketones is 1. The van der Waals surface area contributed by atoms with Crippen molar-refractivity contribution in [3.8, 4) is 0 Å². The molecular formula is C26H26FN5O2. The van der Waals surface area contributed by atoms with Crippen LogP contribution in [-0.2, 0) is 6.42 Å². The molecular weight excluding hydrogens is 433 g/mol. The number of H-pyrrole nitrogens is 1. The number of pyridine rings is 3. The van der Waals surface area contributed by atoms with Crippen molar-refractivity contribution >= 4 is 22.5 Å². The number of aromatic amines is 1. The molecule has 3 N–H and O–H groups in total. The molecule has 1 fully saturated rings. The topological polar surface area (TPSA) is 104 Å². The van der Waals surface area contributed by atoms with Crippen LogP contribution >= 0.6 is 0 Å². The van der Waals surface area contributed by atoms with Gasteiger partial charge in [0.05, 0.1) is 22.1 Å². The molecule has 0 unspecified atom stereocenters. The van der Waals surface area contributed by atoms with Gasteiger partial charge in [0, 0.05) is 54.5 Å². The number of carbonyl (C=O) groups is 1. The van der Waals surface area contributed by atoms with Gasteiger partial charge in [-0.05, 0) is 56.5 Å². The van der Waals surface area contributed by atoms with Crippen molar-refractivity contribution in [2.45, 2.75) is 44.6 Å². The van der Waals surface area contributed by atoms with Crippen LogP contribution < -0.4 is 5.32 Å². The van der Waals surface area contributed by atoms with E-state index in [0.717, 1.165) is 11.3 Å². The SMILES string of the molecule is CC(C)(O)CNc1ccnc2[nH]cc(C(=O)c3ccc(Cc4ccc(C5CC5)nc4)nc3F)c12. The average Bonchev–Trinajstić information content (AvgIpc) is 3.56. The highest BCUT2D eigenvalue weighted by Crippen LogP contribution is 2.38. The van der Waals surface area contributed by atoms with E-state index in [1.165, 1.54) is 25.1 Å². The van der Waals surface area contributed by atoms with Crippen molar-refractivity contribution in [3.05, 3.63) is 82.9 Å². The maximum absolute atomic E-state index is 15.0. The zero-order valence-corrected chi connectivity index (χ0v) is 19.1. The van der Waals surface area contributed by atoms with Crippen molar-refractivity contribution in [1.29, 1.82) is 0 Å². The van der Waals surface area contributed by atoms with Crippen LogP contribution in [0, 0.1) is 5.95 Å². The average molecular weight is 460 g/mol. The van der Waals surface area contributed by atoms with Crippen molar-refractivity contribution < 1.29 is 14.3 Å². The number of aromatic nitrogens is 4. The highest BCUT2D eigenvalue weighted by atomic mass is 19.1. The second-order valence-corrected chi connectivity index (χ2v) is 9.46. The third-order valence-corrected chi connectivity index (χ3v) is 5.91. The van der Waals surface area contributed by atoms with E-state index in [1.807, 2.05) is 18.3 Å². The van der Waals surface area contributed by atoms with Crippen molar-refractivity contribution in [1.82, 2.24) is 19.9 Å². The molecule has 0 atom stereocenters. The van der Waals surface area contributed by atoms with Crippen LogP contribution in [0.25, 0.3) is 11.0 Å². The number of rotatable bonds is 8. The molecule has 0 saturated heterocycles. The third-order valence-electron chi connectivity index (χ3n) is 5.91. The number of hydrogen-bond donors (Lipinski definition) is 3. The number of carbonyl (C=O) groups excluding carboxylic acids is 1. The molecule has 4 aromatic heterocycles. The van der Waals surface area contributed by atoms with E-state index in [1.54, 1.807) is 32.2 Å². The number of nitrogens with zero attached hydrogens (tertiary/aromatic N) is 3. The lowest BCUT2D eigenvalue weighted by molar-refractivity contribution is 0.0945. The molecule has 0 radical (unpaired) electrons. The van der Waals surface area contributed by atoms with Gasteiger partial charge < -0.3 is 15.4 Å². The van der Waals surface area contributed by atoms with Gasteiger partial charge in [-0.25, -0.2) is 9.97 Å². The summed E-state index contributed by atoms with van der Waals surface area (Å²) in [7, 11) is 0. The molecule has 174 valence electrons. The Kier molecular flexibility index (Phi) is 5.61. The van der Waals surface area contributed by atoms with Crippen molar-refractivity contribution in [2.75, 3.05) is 11.9 Å². The van der Waals surface area contributed by atoms with Gasteiger partial charge in [-0.3, -0.25) is 9.78 Å². The van der Waals surface area contributed by atoms with Crippen LogP contribution in [0.3, 0.4) is 0 Å². The minimum Gasteiger partial charge on any atom is -0.389 e. The lowest BCUT2D eigenvalue weighted by Gasteiger charge is -2.19. The molecule has 0 bridgehead atoms. The molecule has 0 aliphatic heterocycles. The summed E-state index contributed by atoms with van der Waals surface area (Å²) in [6, 6.07) is 8.89. The predicted molar refractivity (Wildman–Crippen MR) is 128 cm³/mol. The summed E-state index contributed by atoms with van der Waals surface area (Å²) in [6.45, 7) is 3.63. The largest absolute Gasteiger partial charge is 0.389 e. The van der Waals surface area contributed by atoms with Gasteiger partial charge in [-0.2, -0.15) is 4.39 Å². The smallest absolute Gasteiger partial charge is 0.224 e. The van der Waals surface area contributed by atoms with E-state index in [9.17, 15) is 14.3 Å². The normalized spacial score (nSPS) is 13.9. The molecule has 4 aromatic rings. The minimum absolute atomic E-state index is 0.107. The van der Waals surface area contributed by atoms with E-state index in [4.69, 9.17) is 0 Å².